The number of benzene rings is 1. The van der Waals surface area contributed by atoms with Crippen LogP contribution < -0.4 is 5.56 Å². The Morgan fingerprint density at radius 2 is 2.04 bits per heavy atom. The number of hydrogen-bond acceptors (Lipinski definition) is 4. The number of carbonyl (C=O) groups is 1. The van der Waals surface area contributed by atoms with Crippen LogP contribution in [0.3, 0.4) is 0 Å². The molecular formula is C19H18N4O2S. The third-order valence-corrected chi connectivity index (χ3v) is 5.32. The van der Waals surface area contributed by atoms with Crippen molar-refractivity contribution in [2.24, 2.45) is 0 Å². The standard InChI is InChI=1S/C19H18N4O2S/c1-10-6-11(2)12-8-15(20-14(12)7-10)19(25)23(3)9-16-21-13-4-5-26-17(13)18(24)22-16/h4-8,20H,9H2,1-3H3,(H,21,22,24). The molecule has 0 unspecified atom stereocenters. The fourth-order valence-electron chi connectivity index (χ4n) is 3.21. The van der Waals surface area contributed by atoms with E-state index in [0.29, 0.717) is 21.7 Å². The van der Waals surface area contributed by atoms with Crippen LogP contribution in [0.15, 0.2) is 34.4 Å². The van der Waals surface area contributed by atoms with Crippen LogP contribution in [0.5, 0.6) is 0 Å². The molecule has 6 nitrogen and oxygen atoms in total. The first-order valence-electron chi connectivity index (χ1n) is 8.24. The Morgan fingerprint density at radius 1 is 1.23 bits per heavy atom. The van der Waals surface area contributed by atoms with Crippen LogP contribution in [0.1, 0.15) is 27.4 Å². The lowest BCUT2D eigenvalue weighted by molar-refractivity contribution is 0.0776. The molecule has 1 aromatic carbocycles. The Kier molecular flexibility index (Phi) is 3.88. The average Bonchev–Trinajstić information content (AvgIpc) is 3.20. The normalized spacial score (nSPS) is 11.3. The highest BCUT2D eigenvalue weighted by molar-refractivity contribution is 7.17. The van der Waals surface area contributed by atoms with Crippen LogP contribution in [-0.2, 0) is 6.54 Å². The van der Waals surface area contributed by atoms with Crippen molar-refractivity contribution < 1.29 is 4.79 Å². The topological polar surface area (TPSA) is 81.8 Å². The second-order valence-corrected chi connectivity index (χ2v) is 7.45. The molecule has 4 rings (SSSR count). The number of carbonyl (C=O) groups excluding carboxylic acids is 1. The van der Waals surface area contributed by atoms with Gasteiger partial charge >= 0.3 is 0 Å². The minimum absolute atomic E-state index is 0.147. The lowest BCUT2D eigenvalue weighted by atomic mass is 10.1. The van der Waals surface area contributed by atoms with Gasteiger partial charge in [-0.3, -0.25) is 9.59 Å². The third-order valence-electron chi connectivity index (χ3n) is 4.42. The fraction of sp³-hybridized carbons (Fsp3) is 0.211. The minimum atomic E-state index is -0.169. The Labute approximate surface area is 153 Å². The number of H-pyrrole nitrogens is 2. The highest BCUT2D eigenvalue weighted by Crippen LogP contribution is 2.22. The lowest BCUT2D eigenvalue weighted by Gasteiger charge is -2.15. The molecule has 132 valence electrons. The monoisotopic (exact) mass is 366 g/mol. The van der Waals surface area contributed by atoms with E-state index in [9.17, 15) is 9.59 Å². The van der Waals surface area contributed by atoms with E-state index in [1.165, 1.54) is 11.3 Å². The summed E-state index contributed by atoms with van der Waals surface area (Å²) in [6.07, 6.45) is 0. The van der Waals surface area contributed by atoms with Crippen molar-refractivity contribution in [1.82, 2.24) is 19.9 Å². The van der Waals surface area contributed by atoms with Crippen molar-refractivity contribution in [3.8, 4) is 0 Å². The Bertz CT molecular complexity index is 1200. The van der Waals surface area contributed by atoms with Crippen molar-refractivity contribution >= 4 is 38.4 Å². The zero-order valence-corrected chi connectivity index (χ0v) is 15.5. The molecule has 1 amide bonds. The molecule has 7 heteroatoms. The van der Waals surface area contributed by atoms with E-state index >= 15 is 0 Å². The second-order valence-electron chi connectivity index (χ2n) is 6.53. The molecule has 0 saturated heterocycles. The van der Waals surface area contributed by atoms with Gasteiger partial charge in [-0.15, -0.1) is 11.3 Å². The lowest BCUT2D eigenvalue weighted by Crippen LogP contribution is -2.28. The van der Waals surface area contributed by atoms with Gasteiger partial charge in [0.25, 0.3) is 11.5 Å². The van der Waals surface area contributed by atoms with Gasteiger partial charge in [0.15, 0.2) is 0 Å². The van der Waals surface area contributed by atoms with Crippen molar-refractivity contribution in [3.05, 3.63) is 62.6 Å². The maximum atomic E-state index is 12.8. The van der Waals surface area contributed by atoms with Gasteiger partial charge in [-0.25, -0.2) is 4.98 Å². The number of thiophene rings is 1. The summed E-state index contributed by atoms with van der Waals surface area (Å²) >= 11 is 1.36. The van der Waals surface area contributed by atoms with Crippen molar-refractivity contribution in [2.75, 3.05) is 7.05 Å². The summed E-state index contributed by atoms with van der Waals surface area (Å²) in [6, 6.07) is 7.81. The smallest absolute Gasteiger partial charge is 0.270 e. The third kappa shape index (κ3) is 2.80. The van der Waals surface area contributed by atoms with Gasteiger partial charge in [0.2, 0.25) is 0 Å². The van der Waals surface area contributed by atoms with Crippen LogP contribution in [0.2, 0.25) is 0 Å². The molecule has 26 heavy (non-hydrogen) atoms. The molecule has 0 bridgehead atoms. The molecule has 0 radical (unpaired) electrons. The van der Waals surface area contributed by atoms with Gasteiger partial charge in [0, 0.05) is 18.0 Å². The summed E-state index contributed by atoms with van der Waals surface area (Å²) in [6.45, 7) is 4.29. The first kappa shape index (κ1) is 16.5. The van der Waals surface area contributed by atoms with Crippen molar-refractivity contribution in [1.29, 1.82) is 0 Å². The molecule has 0 fully saturated rings. The van der Waals surface area contributed by atoms with E-state index < -0.39 is 0 Å². The maximum Gasteiger partial charge on any atom is 0.270 e. The largest absolute Gasteiger partial charge is 0.351 e. The predicted molar refractivity (Wildman–Crippen MR) is 104 cm³/mol. The highest BCUT2D eigenvalue weighted by atomic mass is 32.1. The van der Waals surface area contributed by atoms with Crippen LogP contribution in [0.4, 0.5) is 0 Å². The number of aromatic nitrogens is 3. The van der Waals surface area contributed by atoms with Gasteiger partial charge in [0.05, 0.1) is 12.1 Å². The number of hydrogen-bond donors (Lipinski definition) is 2. The molecule has 2 N–H and O–H groups in total. The molecule has 0 aliphatic heterocycles. The Hall–Kier alpha value is -2.93. The summed E-state index contributed by atoms with van der Waals surface area (Å²) in [7, 11) is 1.70. The van der Waals surface area contributed by atoms with Crippen LogP contribution >= 0.6 is 11.3 Å². The van der Waals surface area contributed by atoms with E-state index in [-0.39, 0.29) is 18.0 Å². The average molecular weight is 366 g/mol. The number of fused-ring (bicyclic) bond motifs is 2. The first-order valence-corrected chi connectivity index (χ1v) is 9.12. The number of amides is 1. The predicted octanol–water partition coefficient (Wildman–Crippen LogP) is 3.35. The van der Waals surface area contributed by atoms with E-state index in [4.69, 9.17) is 0 Å². The quantitative estimate of drug-likeness (QED) is 0.583. The van der Waals surface area contributed by atoms with Crippen LogP contribution in [0.25, 0.3) is 21.1 Å². The molecule has 0 aliphatic rings. The Balaban J connectivity index is 1.63. The van der Waals surface area contributed by atoms with Gasteiger partial charge in [-0.2, -0.15) is 0 Å². The highest BCUT2D eigenvalue weighted by Gasteiger charge is 2.17. The summed E-state index contributed by atoms with van der Waals surface area (Å²) in [5.74, 6) is 0.325. The van der Waals surface area contributed by atoms with E-state index in [0.717, 1.165) is 22.0 Å². The molecule has 3 heterocycles. The van der Waals surface area contributed by atoms with Crippen molar-refractivity contribution in [3.63, 3.8) is 0 Å². The fourth-order valence-corrected chi connectivity index (χ4v) is 3.94. The van der Waals surface area contributed by atoms with E-state index in [1.54, 1.807) is 11.9 Å². The number of aryl methyl sites for hydroxylation is 2. The zero-order valence-electron chi connectivity index (χ0n) is 14.7. The first-order chi connectivity index (χ1) is 12.4. The number of nitrogens with one attached hydrogen (secondary N) is 2. The molecular weight excluding hydrogens is 348 g/mol. The number of nitrogens with zero attached hydrogens (tertiary/aromatic N) is 2. The maximum absolute atomic E-state index is 12.8. The van der Waals surface area contributed by atoms with Gasteiger partial charge in [-0.05, 0) is 48.6 Å². The summed E-state index contributed by atoms with van der Waals surface area (Å²) in [5, 5.41) is 2.87. The molecule has 3 aromatic heterocycles. The molecule has 0 spiro atoms. The van der Waals surface area contributed by atoms with Crippen LogP contribution in [-0.4, -0.2) is 32.8 Å². The van der Waals surface area contributed by atoms with E-state index in [2.05, 4.69) is 21.0 Å². The van der Waals surface area contributed by atoms with Crippen LogP contribution in [0, 0.1) is 13.8 Å². The summed E-state index contributed by atoms with van der Waals surface area (Å²) < 4.78 is 0.601. The SMILES string of the molecule is Cc1cc(C)c2cc(C(=O)N(C)Cc3nc4ccsc4c(=O)[nH]3)[nH]c2c1. The van der Waals surface area contributed by atoms with Gasteiger partial charge in [0.1, 0.15) is 16.2 Å². The number of rotatable bonds is 3. The Morgan fingerprint density at radius 3 is 2.85 bits per heavy atom. The van der Waals surface area contributed by atoms with Crippen molar-refractivity contribution in [2.45, 2.75) is 20.4 Å². The number of aromatic amines is 2. The minimum Gasteiger partial charge on any atom is -0.351 e. The summed E-state index contributed by atoms with van der Waals surface area (Å²) in [4.78, 5) is 36.8. The molecule has 0 saturated carbocycles. The molecule has 4 aromatic rings. The summed E-state index contributed by atoms with van der Waals surface area (Å²) in [5.41, 5.74) is 4.24. The zero-order chi connectivity index (χ0) is 18.4. The van der Waals surface area contributed by atoms with Gasteiger partial charge in [-0.1, -0.05) is 6.07 Å². The second kappa shape index (κ2) is 6.10. The molecule has 0 aliphatic carbocycles. The molecule has 0 atom stereocenters. The van der Waals surface area contributed by atoms with Gasteiger partial charge < -0.3 is 14.9 Å². The van der Waals surface area contributed by atoms with E-state index in [1.807, 2.05) is 37.4 Å².